The highest BCUT2D eigenvalue weighted by Crippen LogP contribution is 2.22. The van der Waals surface area contributed by atoms with Gasteiger partial charge in [-0.1, -0.05) is 17.7 Å². The molecular weight excluding hydrogens is 437 g/mol. The van der Waals surface area contributed by atoms with E-state index in [1.165, 1.54) is 12.1 Å². The fourth-order valence-electron chi connectivity index (χ4n) is 3.38. The molecule has 11 heteroatoms. The number of nitrogens with zero attached hydrogens (tertiary/aromatic N) is 5. The Hall–Kier alpha value is -3.37. The van der Waals surface area contributed by atoms with Gasteiger partial charge < -0.3 is 20.6 Å². The molecule has 9 nitrogen and oxygen atoms in total. The zero-order chi connectivity index (χ0) is 22.7. The van der Waals surface area contributed by atoms with E-state index in [2.05, 4.69) is 30.6 Å². The van der Waals surface area contributed by atoms with Crippen LogP contribution in [0.4, 0.5) is 21.0 Å². The third-order valence-corrected chi connectivity index (χ3v) is 5.38. The summed E-state index contributed by atoms with van der Waals surface area (Å²) in [5.74, 6) is 0.951. The maximum atomic E-state index is 13.8. The van der Waals surface area contributed by atoms with Gasteiger partial charge in [-0.05, 0) is 42.7 Å². The number of carbonyl (C=O) groups excluding carboxylic acids is 1. The van der Waals surface area contributed by atoms with Gasteiger partial charge in [0, 0.05) is 18.9 Å². The largest absolute Gasteiger partial charge is 0.394 e. The van der Waals surface area contributed by atoms with Gasteiger partial charge in [-0.25, -0.2) is 29.1 Å². The Kier molecular flexibility index (Phi) is 6.42. The Morgan fingerprint density at radius 1 is 1.31 bits per heavy atom. The number of carbonyl (C=O) groups is 1. The maximum absolute atomic E-state index is 13.8. The molecule has 0 aliphatic carbocycles. The highest BCUT2D eigenvalue weighted by atomic mass is 35.5. The van der Waals surface area contributed by atoms with E-state index in [1.807, 2.05) is 0 Å². The lowest BCUT2D eigenvalue weighted by atomic mass is 10.1. The van der Waals surface area contributed by atoms with Crippen molar-refractivity contribution in [3.63, 3.8) is 0 Å². The van der Waals surface area contributed by atoms with Crippen molar-refractivity contribution < 1.29 is 14.3 Å². The van der Waals surface area contributed by atoms with Gasteiger partial charge in [0.1, 0.15) is 17.5 Å². The quantitative estimate of drug-likeness (QED) is 0.539. The third kappa shape index (κ3) is 4.92. The van der Waals surface area contributed by atoms with Crippen LogP contribution in [0.3, 0.4) is 0 Å². The van der Waals surface area contributed by atoms with Crippen molar-refractivity contribution in [2.24, 2.45) is 0 Å². The number of aliphatic hydroxyl groups is 1. The number of aromatic nitrogens is 4. The van der Waals surface area contributed by atoms with E-state index >= 15 is 0 Å². The minimum Gasteiger partial charge on any atom is -0.394 e. The van der Waals surface area contributed by atoms with Crippen molar-refractivity contribution in [1.29, 1.82) is 0 Å². The second kappa shape index (κ2) is 9.41. The molecule has 0 spiro atoms. The number of halogens is 2. The second-order valence-electron chi connectivity index (χ2n) is 7.31. The summed E-state index contributed by atoms with van der Waals surface area (Å²) in [4.78, 5) is 31.6. The number of aliphatic hydroxyl groups excluding tert-OH is 1. The molecule has 3 aromatic rings. The lowest BCUT2D eigenvalue weighted by molar-refractivity contribution is 0.176. The van der Waals surface area contributed by atoms with E-state index in [0.717, 1.165) is 5.56 Å². The summed E-state index contributed by atoms with van der Waals surface area (Å²) in [7, 11) is 0. The van der Waals surface area contributed by atoms with Crippen LogP contribution in [0.15, 0.2) is 36.7 Å². The minimum atomic E-state index is -0.765. The van der Waals surface area contributed by atoms with E-state index in [0.29, 0.717) is 41.8 Å². The third-order valence-electron chi connectivity index (χ3n) is 5.08. The molecule has 1 aromatic carbocycles. The topological polar surface area (TPSA) is 116 Å². The number of hydrogen-bond acceptors (Lipinski definition) is 7. The molecule has 0 saturated carbocycles. The summed E-state index contributed by atoms with van der Waals surface area (Å²) in [5, 5.41) is 15.5. The lowest BCUT2D eigenvalue weighted by Crippen LogP contribution is -2.45. The molecule has 2 aromatic heterocycles. The van der Waals surface area contributed by atoms with Crippen molar-refractivity contribution in [1.82, 2.24) is 30.2 Å². The van der Waals surface area contributed by atoms with Crippen LogP contribution in [0.25, 0.3) is 0 Å². The van der Waals surface area contributed by atoms with Crippen molar-refractivity contribution in [2.45, 2.75) is 25.9 Å². The summed E-state index contributed by atoms with van der Waals surface area (Å²) in [6.45, 7) is 2.14. The Balaban J connectivity index is 1.45. The second-order valence-corrected chi connectivity index (χ2v) is 7.72. The first-order chi connectivity index (χ1) is 15.4. The molecule has 2 amide bonds. The molecule has 1 aliphatic heterocycles. The van der Waals surface area contributed by atoms with Crippen molar-refractivity contribution in [3.8, 4) is 0 Å². The number of urea groups is 1. The van der Waals surface area contributed by atoms with Gasteiger partial charge in [0.25, 0.3) is 0 Å². The van der Waals surface area contributed by atoms with Gasteiger partial charge in [0.2, 0.25) is 5.95 Å². The fraction of sp³-hybridized carbons (Fsp3) is 0.286. The van der Waals surface area contributed by atoms with Gasteiger partial charge in [-0.3, -0.25) is 0 Å². The first-order valence-electron chi connectivity index (χ1n) is 9.95. The molecule has 4 rings (SSSR count). The molecule has 1 atom stereocenters. The van der Waals surface area contributed by atoms with Crippen LogP contribution in [0.1, 0.15) is 28.7 Å². The Morgan fingerprint density at radius 3 is 2.91 bits per heavy atom. The summed E-state index contributed by atoms with van der Waals surface area (Å²) in [6, 6.07) is 4.73. The number of anilines is 2. The van der Waals surface area contributed by atoms with Gasteiger partial charge >= 0.3 is 6.03 Å². The molecule has 0 bridgehead atoms. The highest BCUT2D eigenvalue weighted by Gasteiger charge is 2.25. The molecule has 1 aliphatic rings. The van der Waals surface area contributed by atoms with Crippen LogP contribution >= 0.6 is 11.6 Å². The molecule has 0 fully saturated rings. The van der Waals surface area contributed by atoms with E-state index in [1.54, 1.807) is 36.4 Å². The van der Waals surface area contributed by atoms with Crippen molar-refractivity contribution in [2.75, 3.05) is 18.5 Å². The van der Waals surface area contributed by atoms with Crippen LogP contribution in [0, 0.1) is 12.7 Å². The first kappa shape index (κ1) is 21.8. The van der Waals surface area contributed by atoms with Crippen LogP contribution < -0.4 is 10.6 Å². The van der Waals surface area contributed by atoms with E-state index in [9.17, 15) is 14.3 Å². The Labute approximate surface area is 188 Å². The summed E-state index contributed by atoms with van der Waals surface area (Å²) >= 11 is 5.72. The summed E-state index contributed by atoms with van der Waals surface area (Å²) in [6.07, 6.45) is 3.97. The maximum Gasteiger partial charge on any atom is 0.318 e. The number of nitrogens with one attached hydrogen (secondary N) is 2. The molecular formula is C21H21ClFN7O2. The summed E-state index contributed by atoms with van der Waals surface area (Å²) < 4.78 is 13.8. The van der Waals surface area contributed by atoms with Crippen LogP contribution in [0.2, 0.25) is 5.02 Å². The molecule has 32 heavy (non-hydrogen) atoms. The number of fused-ring (bicyclic) bond motifs is 1. The number of amides is 2. The average molecular weight is 458 g/mol. The SMILES string of the molecule is Cc1nccc(Nc2ncc3c(n2)CN(C(=O)NC(CO)c2ccc(Cl)c(F)c2)CC3)n1. The standard InChI is InChI=1S/C21H21ClFN7O2/c1-12-24-6-4-19(26-12)29-20-25-9-14-5-7-30(10-17(14)27-20)21(32)28-18(11-31)13-2-3-15(22)16(23)8-13/h2-4,6,8-9,18,31H,5,7,10-11H2,1H3,(H,28,32)(H,24,25,26,27,29). The predicted octanol–water partition coefficient (Wildman–Crippen LogP) is 2.91. The minimum absolute atomic E-state index is 0.0226. The predicted molar refractivity (Wildman–Crippen MR) is 116 cm³/mol. The number of aryl methyl sites for hydroxylation is 1. The average Bonchev–Trinajstić information content (AvgIpc) is 2.78. The fourth-order valence-corrected chi connectivity index (χ4v) is 3.50. The van der Waals surface area contributed by atoms with Gasteiger partial charge in [-0.2, -0.15) is 0 Å². The zero-order valence-electron chi connectivity index (χ0n) is 17.2. The van der Waals surface area contributed by atoms with Crippen molar-refractivity contribution in [3.05, 3.63) is 70.1 Å². The number of rotatable bonds is 5. The number of benzene rings is 1. The molecule has 1 unspecified atom stereocenters. The molecule has 0 radical (unpaired) electrons. The van der Waals surface area contributed by atoms with Gasteiger partial charge in [0.15, 0.2) is 0 Å². The molecule has 166 valence electrons. The first-order valence-corrected chi connectivity index (χ1v) is 10.3. The molecule has 0 saturated heterocycles. The van der Waals surface area contributed by atoms with E-state index < -0.39 is 11.9 Å². The zero-order valence-corrected chi connectivity index (χ0v) is 18.0. The summed E-state index contributed by atoms with van der Waals surface area (Å²) in [5.41, 5.74) is 2.10. The lowest BCUT2D eigenvalue weighted by Gasteiger charge is -2.30. The van der Waals surface area contributed by atoms with E-state index in [-0.39, 0.29) is 24.2 Å². The van der Waals surface area contributed by atoms with Gasteiger partial charge in [0.05, 0.1) is 29.9 Å². The molecule has 3 heterocycles. The van der Waals surface area contributed by atoms with E-state index in [4.69, 9.17) is 11.6 Å². The monoisotopic (exact) mass is 457 g/mol. The molecule has 3 N–H and O–H groups in total. The highest BCUT2D eigenvalue weighted by molar-refractivity contribution is 6.30. The van der Waals surface area contributed by atoms with Crippen LogP contribution in [-0.4, -0.2) is 49.1 Å². The normalized spacial score (nSPS) is 13.9. The van der Waals surface area contributed by atoms with Crippen molar-refractivity contribution >= 4 is 29.4 Å². The van der Waals surface area contributed by atoms with Crippen LogP contribution in [-0.2, 0) is 13.0 Å². The smallest absolute Gasteiger partial charge is 0.318 e. The van der Waals surface area contributed by atoms with Gasteiger partial charge in [-0.15, -0.1) is 0 Å². The van der Waals surface area contributed by atoms with Crippen LogP contribution in [0.5, 0.6) is 0 Å². The number of hydrogen-bond donors (Lipinski definition) is 3. The Bertz CT molecular complexity index is 1150. The Morgan fingerprint density at radius 2 is 2.16 bits per heavy atom.